The van der Waals surface area contributed by atoms with E-state index in [1.165, 1.54) is 39.0 Å². The topological polar surface area (TPSA) is 0 Å². The van der Waals surface area contributed by atoms with Crippen molar-refractivity contribution in [2.75, 3.05) is 0 Å². The minimum atomic E-state index is 0.812. The van der Waals surface area contributed by atoms with Crippen LogP contribution in [0.1, 0.15) is 70.2 Å². The van der Waals surface area contributed by atoms with Crippen LogP contribution in [-0.2, 0) is 6.42 Å². The standard InChI is InChI=1S/C16H22.C8H9Cl.C2H6/c1-7-12(3)14(5)15(6)16-10-11(2)8-9-13(16)4;1-2-7-3-5-8(9)6-4-7;1-2/h8-10H,3,7H2,1-2,4-6H3;3-6H,2H2,1H3;1-2H3/b15-14+;;. The molecule has 27 heavy (non-hydrogen) atoms. The highest BCUT2D eigenvalue weighted by molar-refractivity contribution is 6.30. The van der Waals surface area contributed by atoms with Crippen molar-refractivity contribution < 1.29 is 0 Å². The zero-order valence-corrected chi connectivity index (χ0v) is 19.3. The number of rotatable bonds is 4. The summed E-state index contributed by atoms with van der Waals surface area (Å²) in [6.45, 7) is 21.1. The Morgan fingerprint density at radius 2 is 1.48 bits per heavy atom. The molecule has 0 fully saturated rings. The van der Waals surface area contributed by atoms with Gasteiger partial charge >= 0.3 is 0 Å². The van der Waals surface area contributed by atoms with Crippen LogP contribution in [0.15, 0.2) is 60.2 Å². The van der Waals surface area contributed by atoms with Crippen molar-refractivity contribution in [3.05, 3.63) is 87.5 Å². The van der Waals surface area contributed by atoms with Gasteiger partial charge in [-0.25, -0.2) is 0 Å². The van der Waals surface area contributed by atoms with Crippen molar-refractivity contribution in [2.45, 2.75) is 68.2 Å². The minimum absolute atomic E-state index is 0.812. The molecule has 0 nitrogen and oxygen atoms in total. The van der Waals surface area contributed by atoms with Gasteiger partial charge in [-0.3, -0.25) is 0 Å². The SMILES string of the molecule is C=C(CC)/C(C)=C(\C)c1cc(C)ccc1C.CC.CCc1ccc(Cl)cc1. The predicted octanol–water partition coefficient (Wildman–Crippen LogP) is 8.99. The number of hydrogen-bond acceptors (Lipinski definition) is 0. The summed E-state index contributed by atoms with van der Waals surface area (Å²) in [5.41, 5.74) is 9.26. The second-order valence-corrected chi connectivity index (χ2v) is 6.94. The first-order valence-electron chi connectivity index (χ1n) is 9.97. The molecule has 0 aliphatic rings. The van der Waals surface area contributed by atoms with Gasteiger partial charge in [0.15, 0.2) is 0 Å². The normalized spacial score (nSPS) is 10.7. The summed E-state index contributed by atoms with van der Waals surface area (Å²) < 4.78 is 0. The van der Waals surface area contributed by atoms with Crippen LogP contribution in [-0.4, -0.2) is 0 Å². The molecule has 0 aliphatic heterocycles. The molecule has 0 saturated heterocycles. The van der Waals surface area contributed by atoms with Crippen molar-refractivity contribution in [1.82, 2.24) is 0 Å². The first-order chi connectivity index (χ1) is 12.8. The molecular weight excluding hydrogens is 348 g/mol. The maximum absolute atomic E-state index is 5.67. The Kier molecular flexibility index (Phi) is 12.5. The van der Waals surface area contributed by atoms with Crippen LogP contribution in [0.4, 0.5) is 0 Å². The third kappa shape index (κ3) is 8.63. The first kappa shape index (κ1) is 25.2. The van der Waals surface area contributed by atoms with Gasteiger partial charge in [0.2, 0.25) is 0 Å². The summed E-state index contributed by atoms with van der Waals surface area (Å²) in [5, 5.41) is 0.812. The largest absolute Gasteiger partial charge is 0.0956 e. The average molecular weight is 385 g/mol. The van der Waals surface area contributed by atoms with E-state index in [-0.39, 0.29) is 0 Å². The number of benzene rings is 2. The molecule has 0 atom stereocenters. The Morgan fingerprint density at radius 3 is 1.96 bits per heavy atom. The van der Waals surface area contributed by atoms with E-state index in [0.29, 0.717) is 0 Å². The molecule has 0 amide bonds. The fraction of sp³-hybridized carbons (Fsp3) is 0.385. The van der Waals surface area contributed by atoms with E-state index in [1.54, 1.807) is 0 Å². The molecule has 0 bridgehead atoms. The van der Waals surface area contributed by atoms with Gasteiger partial charge in [-0.1, -0.05) is 87.3 Å². The van der Waals surface area contributed by atoms with Crippen molar-refractivity contribution in [2.24, 2.45) is 0 Å². The third-order valence-electron chi connectivity index (χ3n) is 4.64. The highest BCUT2D eigenvalue weighted by Gasteiger charge is 2.06. The van der Waals surface area contributed by atoms with Crippen LogP contribution >= 0.6 is 11.6 Å². The Hall–Kier alpha value is -1.79. The van der Waals surface area contributed by atoms with Gasteiger partial charge in [0.05, 0.1) is 0 Å². The molecule has 148 valence electrons. The molecule has 0 aliphatic carbocycles. The molecule has 2 rings (SSSR count). The van der Waals surface area contributed by atoms with Gasteiger partial charge < -0.3 is 0 Å². The third-order valence-corrected chi connectivity index (χ3v) is 4.89. The molecule has 0 aromatic heterocycles. The maximum atomic E-state index is 5.67. The highest BCUT2D eigenvalue weighted by Crippen LogP contribution is 2.26. The summed E-state index contributed by atoms with van der Waals surface area (Å²) in [4.78, 5) is 0. The fourth-order valence-electron chi connectivity index (χ4n) is 2.59. The maximum Gasteiger partial charge on any atom is 0.0406 e. The Labute approximate surface area is 173 Å². The summed E-state index contributed by atoms with van der Waals surface area (Å²) in [6.07, 6.45) is 2.10. The van der Waals surface area contributed by atoms with Crippen LogP contribution in [0, 0.1) is 13.8 Å². The van der Waals surface area contributed by atoms with Crippen molar-refractivity contribution in [3.63, 3.8) is 0 Å². The zero-order valence-electron chi connectivity index (χ0n) is 18.5. The lowest BCUT2D eigenvalue weighted by Crippen LogP contribution is -1.92. The average Bonchev–Trinajstić information content (AvgIpc) is 2.70. The number of allylic oxidation sites excluding steroid dienone is 3. The van der Waals surface area contributed by atoms with Gasteiger partial charge in [0.25, 0.3) is 0 Å². The van der Waals surface area contributed by atoms with Crippen LogP contribution in [0.25, 0.3) is 5.57 Å². The molecular formula is C26H37Cl. The van der Waals surface area contributed by atoms with Gasteiger partial charge in [0, 0.05) is 5.02 Å². The van der Waals surface area contributed by atoms with E-state index >= 15 is 0 Å². The fourth-order valence-corrected chi connectivity index (χ4v) is 2.72. The molecule has 0 N–H and O–H groups in total. The van der Waals surface area contributed by atoms with Crippen molar-refractivity contribution in [3.8, 4) is 0 Å². The molecule has 0 unspecified atom stereocenters. The van der Waals surface area contributed by atoms with Crippen molar-refractivity contribution in [1.29, 1.82) is 0 Å². The minimum Gasteiger partial charge on any atom is -0.0956 e. The molecule has 2 aromatic rings. The number of hydrogen-bond donors (Lipinski definition) is 0. The quantitative estimate of drug-likeness (QED) is 0.461. The number of aryl methyl sites for hydroxylation is 3. The predicted molar refractivity (Wildman–Crippen MR) is 126 cm³/mol. The lowest BCUT2D eigenvalue weighted by molar-refractivity contribution is 1.11. The van der Waals surface area contributed by atoms with E-state index in [1.807, 2.05) is 38.1 Å². The molecule has 0 heterocycles. The molecule has 2 aromatic carbocycles. The van der Waals surface area contributed by atoms with Crippen molar-refractivity contribution >= 4 is 17.2 Å². The first-order valence-corrected chi connectivity index (χ1v) is 10.4. The van der Waals surface area contributed by atoms with E-state index in [4.69, 9.17) is 11.6 Å². The van der Waals surface area contributed by atoms with Crippen LogP contribution in [0.3, 0.4) is 0 Å². The second kappa shape index (κ2) is 13.4. The summed E-state index contributed by atoms with van der Waals surface area (Å²) in [7, 11) is 0. The van der Waals surface area contributed by atoms with Gasteiger partial charge in [-0.2, -0.15) is 0 Å². The summed E-state index contributed by atoms with van der Waals surface area (Å²) in [5.74, 6) is 0. The van der Waals surface area contributed by atoms with E-state index in [0.717, 1.165) is 17.9 Å². The Balaban J connectivity index is 0.000000519. The van der Waals surface area contributed by atoms with E-state index in [9.17, 15) is 0 Å². The number of halogens is 1. The van der Waals surface area contributed by atoms with E-state index < -0.39 is 0 Å². The summed E-state index contributed by atoms with van der Waals surface area (Å²) in [6, 6.07) is 14.5. The lowest BCUT2D eigenvalue weighted by atomic mass is 9.93. The zero-order chi connectivity index (χ0) is 21.0. The Bertz CT molecular complexity index is 733. The lowest BCUT2D eigenvalue weighted by Gasteiger charge is -2.13. The van der Waals surface area contributed by atoms with Crippen LogP contribution in [0.2, 0.25) is 5.02 Å². The monoisotopic (exact) mass is 384 g/mol. The van der Waals surface area contributed by atoms with Crippen LogP contribution in [0.5, 0.6) is 0 Å². The smallest absolute Gasteiger partial charge is 0.0406 e. The van der Waals surface area contributed by atoms with Gasteiger partial charge in [-0.15, -0.1) is 0 Å². The summed E-state index contributed by atoms with van der Waals surface area (Å²) >= 11 is 5.67. The van der Waals surface area contributed by atoms with Crippen LogP contribution < -0.4 is 0 Å². The molecule has 1 heteroatoms. The molecule has 0 radical (unpaired) electrons. The Morgan fingerprint density at radius 1 is 0.926 bits per heavy atom. The molecule has 0 saturated carbocycles. The second-order valence-electron chi connectivity index (χ2n) is 6.51. The highest BCUT2D eigenvalue weighted by atomic mass is 35.5. The van der Waals surface area contributed by atoms with E-state index in [2.05, 4.69) is 66.3 Å². The van der Waals surface area contributed by atoms with Gasteiger partial charge in [0.1, 0.15) is 0 Å². The molecule has 0 spiro atoms. The van der Waals surface area contributed by atoms with Gasteiger partial charge in [-0.05, 0) is 80.5 Å².